The third-order valence-electron chi connectivity index (χ3n) is 4.16. The number of hydrogen-bond acceptors (Lipinski definition) is 5. The van der Waals surface area contributed by atoms with Crippen molar-refractivity contribution < 1.29 is 9.18 Å². The van der Waals surface area contributed by atoms with E-state index >= 15 is 0 Å². The smallest absolute Gasteiger partial charge is 0.240 e. The van der Waals surface area contributed by atoms with Crippen LogP contribution in [0.4, 0.5) is 10.2 Å². The highest BCUT2D eigenvalue weighted by Gasteiger charge is 2.20. The Labute approximate surface area is 150 Å². The first-order valence-corrected chi connectivity index (χ1v) is 8.35. The number of hydrogen-bond donors (Lipinski definition) is 2. The average molecular weight is 356 g/mol. The van der Waals surface area contributed by atoms with Gasteiger partial charge in [-0.15, -0.1) is 0 Å². The van der Waals surface area contributed by atoms with Crippen molar-refractivity contribution in [2.75, 3.05) is 18.5 Å². The number of anilines is 1. The van der Waals surface area contributed by atoms with E-state index in [-0.39, 0.29) is 30.2 Å². The number of amides is 1. The summed E-state index contributed by atoms with van der Waals surface area (Å²) in [6.45, 7) is 4.14. The third-order valence-corrected chi connectivity index (χ3v) is 4.16. The van der Waals surface area contributed by atoms with E-state index in [1.165, 1.54) is 18.5 Å². The molecular formula is C18H21FN6O. The molecule has 7 nitrogen and oxygen atoms in total. The fourth-order valence-electron chi connectivity index (χ4n) is 2.86. The summed E-state index contributed by atoms with van der Waals surface area (Å²) in [6, 6.07) is 6.00. The topological polar surface area (TPSA) is 86.8 Å². The van der Waals surface area contributed by atoms with Crippen LogP contribution >= 0.6 is 0 Å². The minimum Gasteiger partial charge on any atom is -0.348 e. The zero-order valence-corrected chi connectivity index (χ0v) is 14.9. The second kappa shape index (κ2) is 7.47. The molecule has 3 rings (SSSR count). The Morgan fingerprint density at radius 3 is 2.65 bits per heavy atom. The molecule has 2 heterocycles. The highest BCUT2D eigenvalue weighted by molar-refractivity contribution is 5.87. The molecule has 2 aromatic heterocycles. The molecule has 0 bridgehead atoms. The summed E-state index contributed by atoms with van der Waals surface area (Å²) in [5.41, 5.74) is 2.10. The van der Waals surface area contributed by atoms with Crippen LogP contribution in [0.5, 0.6) is 0 Å². The first-order valence-electron chi connectivity index (χ1n) is 8.35. The largest absolute Gasteiger partial charge is 0.348 e. The quantitative estimate of drug-likeness (QED) is 0.708. The van der Waals surface area contributed by atoms with Crippen molar-refractivity contribution in [3.8, 4) is 0 Å². The van der Waals surface area contributed by atoms with Gasteiger partial charge in [0.25, 0.3) is 0 Å². The molecular weight excluding hydrogens is 335 g/mol. The van der Waals surface area contributed by atoms with E-state index in [0.29, 0.717) is 17.0 Å². The van der Waals surface area contributed by atoms with Gasteiger partial charge in [-0.25, -0.2) is 19.3 Å². The summed E-state index contributed by atoms with van der Waals surface area (Å²) in [5.74, 6) is 0.315. The van der Waals surface area contributed by atoms with Crippen LogP contribution in [0, 0.1) is 11.7 Å². The number of nitrogens with zero attached hydrogens (tertiary/aromatic N) is 4. The van der Waals surface area contributed by atoms with E-state index in [2.05, 4.69) is 25.3 Å². The molecule has 136 valence electrons. The monoisotopic (exact) mass is 356 g/mol. The minimum absolute atomic E-state index is 0.121. The molecule has 0 aliphatic rings. The molecule has 26 heavy (non-hydrogen) atoms. The number of rotatable bonds is 6. The number of benzene rings is 1. The molecule has 0 spiro atoms. The molecule has 1 aromatic carbocycles. The average Bonchev–Trinajstić information content (AvgIpc) is 3.09. The van der Waals surface area contributed by atoms with Crippen molar-refractivity contribution in [1.29, 1.82) is 0 Å². The van der Waals surface area contributed by atoms with E-state index in [0.717, 1.165) is 5.56 Å². The number of nitrogens with one attached hydrogen (secondary N) is 2. The normalized spacial score (nSPS) is 12.3. The minimum atomic E-state index is -0.297. The van der Waals surface area contributed by atoms with Gasteiger partial charge in [0, 0.05) is 7.05 Å². The summed E-state index contributed by atoms with van der Waals surface area (Å²) in [7, 11) is 1.78. The summed E-state index contributed by atoms with van der Waals surface area (Å²) in [5, 5.41) is 3.02. The van der Waals surface area contributed by atoms with Gasteiger partial charge in [0.2, 0.25) is 5.91 Å². The lowest BCUT2D eigenvalue weighted by molar-refractivity contribution is -0.120. The number of likely N-dealkylation sites (N-methyl/N-ethyl adjacent to an activating group) is 1. The third kappa shape index (κ3) is 3.79. The predicted octanol–water partition coefficient (Wildman–Crippen LogP) is 2.44. The van der Waals surface area contributed by atoms with Gasteiger partial charge in [-0.2, -0.15) is 0 Å². The van der Waals surface area contributed by atoms with Crippen LogP contribution in [0.3, 0.4) is 0 Å². The first kappa shape index (κ1) is 17.8. The van der Waals surface area contributed by atoms with Crippen LogP contribution in [0.15, 0.2) is 36.9 Å². The summed E-state index contributed by atoms with van der Waals surface area (Å²) in [4.78, 5) is 29.7. The fraction of sp³-hybridized carbons (Fsp3) is 0.333. The number of carbonyl (C=O) groups is 1. The van der Waals surface area contributed by atoms with Crippen molar-refractivity contribution in [3.63, 3.8) is 0 Å². The highest BCUT2D eigenvalue weighted by atomic mass is 19.1. The number of aromatic nitrogens is 4. The Morgan fingerprint density at radius 1 is 1.23 bits per heavy atom. The molecule has 0 fully saturated rings. The van der Waals surface area contributed by atoms with Crippen LogP contribution in [0.1, 0.15) is 25.5 Å². The number of halogens is 1. The maximum atomic E-state index is 13.2. The Balaban J connectivity index is 1.72. The van der Waals surface area contributed by atoms with E-state index in [4.69, 9.17) is 0 Å². The molecule has 8 heteroatoms. The second-order valence-corrected chi connectivity index (χ2v) is 6.50. The van der Waals surface area contributed by atoms with Gasteiger partial charge >= 0.3 is 0 Å². The Hall–Kier alpha value is -3.03. The molecule has 3 aromatic rings. The van der Waals surface area contributed by atoms with E-state index < -0.39 is 0 Å². The van der Waals surface area contributed by atoms with Crippen LogP contribution in [-0.4, -0.2) is 39.4 Å². The molecule has 0 aliphatic carbocycles. The van der Waals surface area contributed by atoms with Crippen molar-refractivity contribution >= 4 is 22.9 Å². The highest BCUT2D eigenvalue weighted by Crippen LogP contribution is 2.22. The van der Waals surface area contributed by atoms with Gasteiger partial charge in [-0.1, -0.05) is 26.0 Å². The molecule has 0 radical (unpaired) electrons. The number of carbonyl (C=O) groups excluding carboxylic acids is 1. The molecule has 0 saturated heterocycles. The van der Waals surface area contributed by atoms with Crippen molar-refractivity contribution in [1.82, 2.24) is 25.3 Å². The van der Waals surface area contributed by atoms with Gasteiger partial charge in [0.05, 0.1) is 18.9 Å². The SMILES string of the molecule is CC(C)[C@H](NC(=O)CN(C)c1ncnc2nc[nH]c12)c1ccc(F)cc1. The Bertz CT molecular complexity index is 892. The zero-order chi connectivity index (χ0) is 18.7. The van der Waals surface area contributed by atoms with Gasteiger partial charge in [0.15, 0.2) is 11.5 Å². The number of imidazole rings is 1. The lowest BCUT2D eigenvalue weighted by Crippen LogP contribution is -2.39. The molecule has 0 saturated carbocycles. The van der Waals surface area contributed by atoms with E-state index in [1.807, 2.05) is 13.8 Å². The molecule has 1 atom stereocenters. The van der Waals surface area contributed by atoms with Crippen molar-refractivity contribution in [3.05, 3.63) is 48.3 Å². The summed E-state index contributed by atoms with van der Waals surface area (Å²) < 4.78 is 13.2. The molecule has 2 N–H and O–H groups in total. The van der Waals surface area contributed by atoms with Crippen LogP contribution in [0.25, 0.3) is 11.2 Å². The maximum absolute atomic E-state index is 13.2. The van der Waals surface area contributed by atoms with Gasteiger partial charge in [-0.05, 0) is 23.6 Å². The van der Waals surface area contributed by atoms with Gasteiger partial charge < -0.3 is 15.2 Å². The van der Waals surface area contributed by atoms with Gasteiger partial charge in [-0.3, -0.25) is 4.79 Å². The molecule has 0 aliphatic heterocycles. The summed E-state index contributed by atoms with van der Waals surface area (Å²) in [6.07, 6.45) is 2.96. The van der Waals surface area contributed by atoms with Crippen LogP contribution in [0.2, 0.25) is 0 Å². The standard InChI is InChI=1S/C18H21FN6O/c1-11(2)15(12-4-6-13(19)7-5-12)24-14(26)8-25(3)18-16-17(21-9-20-16)22-10-23-18/h4-7,9-11,15H,8H2,1-3H3,(H,24,26)(H,20,21,22,23)/t15-/m0/s1. The van der Waals surface area contributed by atoms with Crippen molar-refractivity contribution in [2.45, 2.75) is 19.9 Å². The lowest BCUT2D eigenvalue weighted by atomic mass is 9.96. The molecule has 0 unspecified atom stereocenters. The van der Waals surface area contributed by atoms with Gasteiger partial charge in [0.1, 0.15) is 17.7 Å². The summed E-state index contributed by atoms with van der Waals surface area (Å²) >= 11 is 0. The van der Waals surface area contributed by atoms with Crippen LogP contribution in [-0.2, 0) is 4.79 Å². The zero-order valence-electron chi connectivity index (χ0n) is 14.9. The molecule has 1 amide bonds. The fourth-order valence-corrected chi connectivity index (χ4v) is 2.86. The van der Waals surface area contributed by atoms with Crippen LogP contribution < -0.4 is 10.2 Å². The van der Waals surface area contributed by atoms with E-state index in [1.54, 1.807) is 30.4 Å². The predicted molar refractivity (Wildman–Crippen MR) is 97.1 cm³/mol. The Morgan fingerprint density at radius 2 is 1.96 bits per heavy atom. The number of aromatic amines is 1. The van der Waals surface area contributed by atoms with Crippen molar-refractivity contribution in [2.24, 2.45) is 5.92 Å². The van der Waals surface area contributed by atoms with E-state index in [9.17, 15) is 9.18 Å². The lowest BCUT2D eigenvalue weighted by Gasteiger charge is -2.25. The second-order valence-electron chi connectivity index (χ2n) is 6.50. The first-order chi connectivity index (χ1) is 12.5. The maximum Gasteiger partial charge on any atom is 0.240 e. The number of fused-ring (bicyclic) bond motifs is 1. The Kier molecular flexibility index (Phi) is 5.11. The number of H-pyrrole nitrogens is 1.